The predicted octanol–water partition coefficient (Wildman–Crippen LogP) is 0.735. The van der Waals surface area contributed by atoms with E-state index in [1.54, 1.807) is 0 Å². The smallest absolute Gasteiger partial charge is 0.231 e. The van der Waals surface area contributed by atoms with Gasteiger partial charge in [0.2, 0.25) is 11.8 Å². The number of hydrogen-bond acceptors (Lipinski definition) is 3. The van der Waals surface area contributed by atoms with E-state index in [-0.39, 0.29) is 23.8 Å². The summed E-state index contributed by atoms with van der Waals surface area (Å²) in [5.41, 5.74) is 5.31. The van der Waals surface area contributed by atoms with E-state index in [1.807, 2.05) is 13.8 Å². The van der Waals surface area contributed by atoms with Crippen molar-refractivity contribution >= 4 is 11.8 Å². The molecule has 1 aliphatic heterocycles. The van der Waals surface area contributed by atoms with Gasteiger partial charge in [0, 0.05) is 25.0 Å². The second-order valence-electron chi connectivity index (χ2n) is 6.80. The van der Waals surface area contributed by atoms with E-state index in [1.165, 1.54) is 19.3 Å². The Hall–Kier alpha value is -1.10. The molecule has 1 aliphatic carbocycles. The maximum Gasteiger partial charge on any atom is 0.231 e. The number of primary amides is 1. The summed E-state index contributed by atoms with van der Waals surface area (Å²) >= 11 is 0. The van der Waals surface area contributed by atoms with E-state index in [0.29, 0.717) is 12.5 Å². The molecule has 1 heterocycles. The highest BCUT2D eigenvalue weighted by atomic mass is 16.2. The normalized spacial score (nSPS) is 27.6. The van der Waals surface area contributed by atoms with Crippen LogP contribution in [-0.2, 0) is 9.59 Å². The van der Waals surface area contributed by atoms with Crippen molar-refractivity contribution in [2.45, 2.75) is 45.6 Å². The lowest BCUT2D eigenvalue weighted by atomic mass is 9.89. The van der Waals surface area contributed by atoms with Crippen LogP contribution in [0.15, 0.2) is 0 Å². The minimum atomic E-state index is -0.286. The molecule has 0 spiro atoms. The molecule has 0 bridgehead atoms. The van der Waals surface area contributed by atoms with E-state index < -0.39 is 0 Å². The van der Waals surface area contributed by atoms with Crippen molar-refractivity contribution in [1.29, 1.82) is 0 Å². The van der Waals surface area contributed by atoms with Gasteiger partial charge >= 0.3 is 0 Å². The molecule has 2 unspecified atom stereocenters. The van der Waals surface area contributed by atoms with E-state index in [0.717, 1.165) is 25.4 Å². The number of amides is 2. The predicted molar refractivity (Wildman–Crippen MR) is 77.9 cm³/mol. The van der Waals surface area contributed by atoms with Crippen LogP contribution in [-0.4, -0.2) is 42.4 Å². The molecule has 1 saturated carbocycles. The van der Waals surface area contributed by atoms with Crippen molar-refractivity contribution in [2.24, 2.45) is 23.5 Å². The summed E-state index contributed by atoms with van der Waals surface area (Å²) < 4.78 is 0. The van der Waals surface area contributed by atoms with Crippen LogP contribution in [0.3, 0.4) is 0 Å². The topological polar surface area (TPSA) is 75.4 Å². The number of carbonyl (C=O) groups is 2. The summed E-state index contributed by atoms with van der Waals surface area (Å²) in [6, 6.07) is 0.154. The lowest BCUT2D eigenvalue weighted by Gasteiger charge is -2.38. The molecule has 2 rings (SSSR count). The highest BCUT2D eigenvalue weighted by Crippen LogP contribution is 2.37. The van der Waals surface area contributed by atoms with Crippen molar-refractivity contribution < 1.29 is 9.59 Å². The molecule has 2 atom stereocenters. The summed E-state index contributed by atoms with van der Waals surface area (Å²) in [5.74, 6) is 1.26. The highest BCUT2D eigenvalue weighted by Gasteiger charge is 2.33. The first kappa shape index (κ1) is 15.3. The quantitative estimate of drug-likeness (QED) is 0.754. The van der Waals surface area contributed by atoms with E-state index >= 15 is 0 Å². The zero-order valence-corrected chi connectivity index (χ0v) is 12.6. The standard InChI is InChI=1S/C15H27N3O2/c1-10(2)15(20)17-13-6-12(5-11-3-4-11)7-18(8-13)9-14(16)19/h10-13H,3-9H2,1-2H3,(H2,16,19)(H,17,20). The van der Waals surface area contributed by atoms with Crippen LogP contribution < -0.4 is 11.1 Å². The van der Waals surface area contributed by atoms with Crippen LogP contribution in [0.25, 0.3) is 0 Å². The van der Waals surface area contributed by atoms with Crippen LogP contribution in [0.1, 0.15) is 39.5 Å². The molecule has 3 N–H and O–H groups in total. The Labute approximate surface area is 121 Å². The fraction of sp³-hybridized carbons (Fsp3) is 0.867. The molecule has 114 valence electrons. The average molecular weight is 281 g/mol. The van der Waals surface area contributed by atoms with Crippen LogP contribution in [0, 0.1) is 17.8 Å². The third kappa shape index (κ3) is 4.78. The number of rotatable bonds is 6. The lowest BCUT2D eigenvalue weighted by molar-refractivity contribution is -0.125. The van der Waals surface area contributed by atoms with Gasteiger partial charge in [-0.2, -0.15) is 0 Å². The molecule has 0 radical (unpaired) electrons. The van der Waals surface area contributed by atoms with E-state index in [2.05, 4.69) is 10.2 Å². The van der Waals surface area contributed by atoms with Gasteiger partial charge in [0.15, 0.2) is 0 Å². The van der Waals surface area contributed by atoms with Crippen LogP contribution in [0.2, 0.25) is 0 Å². The van der Waals surface area contributed by atoms with Crippen LogP contribution in [0.5, 0.6) is 0 Å². The Kier molecular flexibility index (Phi) is 5.02. The minimum Gasteiger partial charge on any atom is -0.369 e. The Bertz CT molecular complexity index is 366. The minimum absolute atomic E-state index is 0.00315. The monoisotopic (exact) mass is 281 g/mol. The molecule has 5 nitrogen and oxygen atoms in total. The zero-order chi connectivity index (χ0) is 14.7. The highest BCUT2D eigenvalue weighted by molar-refractivity contribution is 5.78. The second-order valence-corrected chi connectivity index (χ2v) is 6.80. The maximum absolute atomic E-state index is 11.9. The van der Waals surface area contributed by atoms with E-state index in [9.17, 15) is 9.59 Å². The van der Waals surface area contributed by atoms with Crippen LogP contribution in [0.4, 0.5) is 0 Å². The first-order chi connectivity index (χ1) is 9.44. The van der Waals surface area contributed by atoms with Crippen molar-refractivity contribution in [1.82, 2.24) is 10.2 Å². The average Bonchev–Trinajstić information content (AvgIpc) is 3.11. The van der Waals surface area contributed by atoms with Gasteiger partial charge in [0.05, 0.1) is 6.54 Å². The Morgan fingerprint density at radius 2 is 1.95 bits per heavy atom. The molecule has 0 aromatic carbocycles. The molecule has 0 aromatic rings. The van der Waals surface area contributed by atoms with Gasteiger partial charge in [0.25, 0.3) is 0 Å². The van der Waals surface area contributed by atoms with Crippen molar-refractivity contribution in [3.8, 4) is 0 Å². The summed E-state index contributed by atoms with van der Waals surface area (Å²) in [7, 11) is 0. The summed E-state index contributed by atoms with van der Waals surface area (Å²) in [4.78, 5) is 25.1. The van der Waals surface area contributed by atoms with Crippen LogP contribution >= 0.6 is 0 Å². The molecule has 1 saturated heterocycles. The molecule has 2 amide bonds. The number of piperidine rings is 1. The van der Waals surface area contributed by atoms with Crippen molar-refractivity contribution in [3.05, 3.63) is 0 Å². The maximum atomic E-state index is 11.9. The summed E-state index contributed by atoms with van der Waals surface area (Å²) in [6.07, 6.45) is 4.94. The number of likely N-dealkylation sites (tertiary alicyclic amines) is 1. The number of nitrogens with one attached hydrogen (secondary N) is 1. The largest absolute Gasteiger partial charge is 0.369 e. The van der Waals surface area contributed by atoms with Gasteiger partial charge in [-0.3, -0.25) is 14.5 Å². The molecular weight excluding hydrogens is 254 g/mol. The van der Waals surface area contributed by atoms with Crippen molar-refractivity contribution in [2.75, 3.05) is 19.6 Å². The summed E-state index contributed by atoms with van der Waals surface area (Å²) in [6.45, 7) is 5.79. The SMILES string of the molecule is CC(C)C(=O)NC1CC(CC2CC2)CN(CC(N)=O)C1. The second kappa shape index (κ2) is 6.57. The molecule has 2 fully saturated rings. The number of carbonyl (C=O) groups excluding carboxylic acids is 2. The molecule has 20 heavy (non-hydrogen) atoms. The van der Waals surface area contributed by atoms with Gasteiger partial charge in [-0.15, -0.1) is 0 Å². The lowest BCUT2D eigenvalue weighted by Crippen LogP contribution is -2.53. The molecule has 5 heteroatoms. The fourth-order valence-electron chi connectivity index (χ4n) is 3.12. The van der Waals surface area contributed by atoms with Gasteiger partial charge in [-0.05, 0) is 24.7 Å². The fourth-order valence-corrected chi connectivity index (χ4v) is 3.12. The van der Waals surface area contributed by atoms with E-state index in [4.69, 9.17) is 5.73 Å². The Morgan fingerprint density at radius 1 is 1.25 bits per heavy atom. The summed E-state index contributed by atoms with van der Waals surface area (Å²) in [5, 5.41) is 3.11. The molecule has 0 aromatic heterocycles. The Morgan fingerprint density at radius 3 is 2.50 bits per heavy atom. The zero-order valence-electron chi connectivity index (χ0n) is 12.6. The molecular formula is C15H27N3O2. The van der Waals surface area contributed by atoms with Gasteiger partial charge in [0.1, 0.15) is 0 Å². The number of hydrogen-bond donors (Lipinski definition) is 2. The van der Waals surface area contributed by atoms with Gasteiger partial charge in [-0.25, -0.2) is 0 Å². The number of nitrogens with two attached hydrogens (primary N) is 1. The first-order valence-corrected chi connectivity index (χ1v) is 7.75. The van der Waals surface area contributed by atoms with Gasteiger partial charge in [-0.1, -0.05) is 26.7 Å². The first-order valence-electron chi connectivity index (χ1n) is 7.75. The third-order valence-electron chi connectivity index (χ3n) is 4.23. The number of nitrogens with zero attached hydrogens (tertiary/aromatic N) is 1. The Balaban J connectivity index is 1.91. The molecule has 2 aliphatic rings. The third-order valence-corrected chi connectivity index (χ3v) is 4.23. The van der Waals surface area contributed by atoms with Crippen molar-refractivity contribution in [3.63, 3.8) is 0 Å². The van der Waals surface area contributed by atoms with Gasteiger partial charge < -0.3 is 11.1 Å².